The van der Waals surface area contributed by atoms with Crippen molar-refractivity contribution in [2.75, 3.05) is 7.11 Å². The molecule has 0 aliphatic heterocycles. The molecule has 0 aliphatic carbocycles. The van der Waals surface area contributed by atoms with Crippen LogP contribution in [0.4, 0.5) is 8.78 Å². The first-order valence-corrected chi connectivity index (χ1v) is 5.77. The average molecular weight is 319 g/mol. The Balaban J connectivity index is 2.48. The lowest BCUT2D eigenvalue weighted by atomic mass is 10.0. The van der Waals surface area contributed by atoms with E-state index in [1.165, 1.54) is 19.4 Å². The van der Waals surface area contributed by atoms with Gasteiger partial charge in [-0.2, -0.15) is 0 Å². The predicted octanol–water partition coefficient (Wildman–Crippen LogP) is 3.41. The van der Waals surface area contributed by atoms with Crippen LogP contribution in [0.2, 0.25) is 0 Å². The number of methoxy groups -OCH3 is 1. The lowest BCUT2D eigenvalue weighted by Crippen LogP contribution is -2.06. The minimum absolute atomic E-state index is 0.0483. The molecule has 1 heterocycles. The molecule has 0 spiro atoms. The molecule has 2 aromatic rings. The molecule has 0 aliphatic rings. The van der Waals surface area contributed by atoms with Crippen LogP contribution in [0.3, 0.4) is 0 Å². The maximum absolute atomic E-state index is 13.7. The monoisotopic (exact) mass is 318 g/mol. The van der Waals surface area contributed by atoms with Crippen LogP contribution in [0, 0.1) is 11.6 Å². The highest BCUT2D eigenvalue weighted by Crippen LogP contribution is 2.33. The smallest absolute Gasteiger partial charge is 0.175 e. The predicted molar refractivity (Wildman–Crippen MR) is 63.4 cm³/mol. The van der Waals surface area contributed by atoms with Gasteiger partial charge < -0.3 is 14.3 Å². The molecule has 6 heteroatoms. The Kier molecular flexibility index (Phi) is 3.68. The first-order chi connectivity index (χ1) is 8.54. The molecule has 3 nitrogen and oxygen atoms in total. The van der Waals surface area contributed by atoms with Crippen molar-refractivity contribution in [1.82, 2.24) is 0 Å². The summed E-state index contributed by atoms with van der Waals surface area (Å²) in [4.78, 5) is 0. The molecular weight excluding hydrogens is 310 g/mol. The summed E-state index contributed by atoms with van der Waals surface area (Å²) in [6.45, 7) is 0. The van der Waals surface area contributed by atoms with E-state index in [0.29, 0.717) is 0 Å². The Bertz CT molecular complexity index is 545. The van der Waals surface area contributed by atoms with Gasteiger partial charge in [0.25, 0.3) is 0 Å². The van der Waals surface area contributed by atoms with E-state index in [2.05, 4.69) is 15.9 Å². The van der Waals surface area contributed by atoms with E-state index in [4.69, 9.17) is 9.15 Å². The van der Waals surface area contributed by atoms with Gasteiger partial charge in [-0.25, -0.2) is 8.78 Å². The van der Waals surface area contributed by atoms with E-state index in [1.54, 1.807) is 0 Å². The molecule has 0 radical (unpaired) electrons. The van der Waals surface area contributed by atoms with Crippen molar-refractivity contribution in [2.24, 2.45) is 0 Å². The van der Waals surface area contributed by atoms with Gasteiger partial charge in [-0.15, -0.1) is 0 Å². The second-order valence-corrected chi connectivity index (χ2v) is 4.28. The summed E-state index contributed by atoms with van der Waals surface area (Å²) in [7, 11) is 1.30. The third-order valence-corrected chi connectivity index (χ3v) is 3.15. The number of furan rings is 1. The first-order valence-electron chi connectivity index (χ1n) is 4.98. The SMILES string of the molecule is COc1cc(F)c(C(O)c2ccoc2Br)c(F)c1. The molecule has 2 rings (SSSR count). The van der Waals surface area contributed by atoms with Crippen LogP contribution in [0.5, 0.6) is 5.75 Å². The summed E-state index contributed by atoms with van der Waals surface area (Å²) in [5.74, 6) is -1.72. The minimum atomic E-state index is -1.45. The van der Waals surface area contributed by atoms with Gasteiger partial charge >= 0.3 is 0 Å². The third kappa shape index (κ3) is 2.26. The zero-order valence-corrected chi connectivity index (χ0v) is 10.9. The van der Waals surface area contributed by atoms with Crippen LogP contribution in [-0.2, 0) is 0 Å². The summed E-state index contributed by atoms with van der Waals surface area (Å²) in [6.07, 6.45) is -0.147. The van der Waals surface area contributed by atoms with Crippen molar-refractivity contribution in [3.63, 3.8) is 0 Å². The summed E-state index contributed by atoms with van der Waals surface area (Å²) in [6, 6.07) is 3.45. The van der Waals surface area contributed by atoms with Crippen LogP contribution < -0.4 is 4.74 Å². The minimum Gasteiger partial charge on any atom is -0.497 e. The second kappa shape index (κ2) is 5.07. The topological polar surface area (TPSA) is 42.6 Å². The number of rotatable bonds is 3. The highest BCUT2D eigenvalue weighted by Gasteiger charge is 2.24. The van der Waals surface area contributed by atoms with Gasteiger partial charge in [0.1, 0.15) is 23.5 Å². The van der Waals surface area contributed by atoms with E-state index in [0.717, 1.165) is 12.1 Å². The Morgan fingerprint density at radius 2 is 1.94 bits per heavy atom. The van der Waals surface area contributed by atoms with E-state index in [-0.39, 0.29) is 16.0 Å². The fourth-order valence-corrected chi connectivity index (χ4v) is 2.05. The van der Waals surface area contributed by atoms with Gasteiger partial charge in [-0.1, -0.05) is 0 Å². The second-order valence-electron chi connectivity index (χ2n) is 3.56. The molecule has 1 unspecified atom stereocenters. The van der Waals surface area contributed by atoms with Gasteiger partial charge in [-0.3, -0.25) is 0 Å². The van der Waals surface area contributed by atoms with Crippen molar-refractivity contribution >= 4 is 15.9 Å². The molecule has 18 heavy (non-hydrogen) atoms. The van der Waals surface area contributed by atoms with Crippen molar-refractivity contribution in [1.29, 1.82) is 0 Å². The number of halogens is 3. The summed E-state index contributed by atoms with van der Waals surface area (Å²) in [5.41, 5.74) is -0.198. The molecule has 0 fully saturated rings. The van der Waals surface area contributed by atoms with Gasteiger partial charge in [-0.05, 0) is 22.0 Å². The van der Waals surface area contributed by atoms with Crippen LogP contribution in [0.15, 0.2) is 33.5 Å². The molecule has 96 valence electrons. The average Bonchev–Trinajstić information content (AvgIpc) is 2.74. The lowest BCUT2D eigenvalue weighted by Gasteiger charge is -2.13. The standard InChI is InChI=1S/C12H9BrF2O3/c1-17-6-4-8(14)10(9(15)5-6)11(16)7-2-3-18-12(7)13/h2-5,11,16H,1H3. The Hall–Kier alpha value is -1.40. The van der Waals surface area contributed by atoms with Crippen molar-refractivity contribution in [3.8, 4) is 5.75 Å². The third-order valence-electron chi connectivity index (χ3n) is 2.50. The Morgan fingerprint density at radius 3 is 2.39 bits per heavy atom. The maximum atomic E-state index is 13.7. The van der Waals surface area contributed by atoms with E-state index in [1.807, 2.05) is 0 Å². The molecule has 0 bridgehead atoms. The van der Waals surface area contributed by atoms with Crippen LogP contribution >= 0.6 is 15.9 Å². The Morgan fingerprint density at radius 1 is 1.33 bits per heavy atom. The van der Waals surface area contributed by atoms with Crippen molar-refractivity contribution < 1.29 is 23.0 Å². The molecular formula is C12H9BrF2O3. The number of ether oxygens (including phenoxy) is 1. The lowest BCUT2D eigenvalue weighted by molar-refractivity contribution is 0.206. The molecule has 0 amide bonds. The largest absolute Gasteiger partial charge is 0.497 e. The summed E-state index contributed by atoms with van der Waals surface area (Å²) in [5, 5.41) is 9.98. The molecule has 0 saturated carbocycles. The first kappa shape index (κ1) is 13.0. The van der Waals surface area contributed by atoms with Crippen LogP contribution in [0.25, 0.3) is 0 Å². The number of benzene rings is 1. The Labute approximate surface area is 110 Å². The van der Waals surface area contributed by atoms with E-state index >= 15 is 0 Å². The van der Waals surface area contributed by atoms with E-state index < -0.39 is 23.3 Å². The molecule has 1 aromatic carbocycles. The van der Waals surface area contributed by atoms with Gasteiger partial charge in [0.2, 0.25) is 0 Å². The van der Waals surface area contributed by atoms with E-state index in [9.17, 15) is 13.9 Å². The highest BCUT2D eigenvalue weighted by atomic mass is 79.9. The van der Waals surface area contributed by atoms with Crippen LogP contribution in [-0.4, -0.2) is 12.2 Å². The highest BCUT2D eigenvalue weighted by molar-refractivity contribution is 9.10. The number of aliphatic hydroxyl groups is 1. The van der Waals surface area contributed by atoms with Crippen molar-refractivity contribution in [2.45, 2.75) is 6.10 Å². The fraction of sp³-hybridized carbons (Fsp3) is 0.167. The molecule has 1 aromatic heterocycles. The number of hydrogen-bond donors (Lipinski definition) is 1. The van der Waals surface area contributed by atoms with Gasteiger partial charge in [0, 0.05) is 17.7 Å². The van der Waals surface area contributed by atoms with Crippen molar-refractivity contribution in [3.05, 3.63) is 51.9 Å². The van der Waals surface area contributed by atoms with Gasteiger partial charge in [0.05, 0.1) is 18.9 Å². The zero-order valence-electron chi connectivity index (χ0n) is 9.28. The normalized spacial score (nSPS) is 12.5. The summed E-state index contributed by atoms with van der Waals surface area (Å²) >= 11 is 3.05. The zero-order chi connectivity index (χ0) is 13.3. The quantitative estimate of drug-likeness (QED) is 0.943. The molecule has 0 saturated heterocycles. The van der Waals surface area contributed by atoms with Crippen LogP contribution in [0.1, 0.15) is 17.2 Å². The number of hydrogen-bond acceptors (Lipinski definition) is 3. The maximum Gasteiger partial charge on any atom is 0.175 e. The fourth-order valence-electron chi connectivity index (χ4n) is 1.59. The number of aliphatic hydroxyl groups excluding tert-OH is 1. The summed E-state index contributed by atoms with van der Waals surface area (Å²) < 4.78 is 37.4. The molecule has 1 atom stereocenters. The van der Waals surface area contributed by atoms with Gasteiger partial charge in [0.15, 0.2) is 4.67 Å². The molecule has 1 N–H and O–H groups in total.